The van der Waals surface area contributed by atoms with Gasteiger partial charge < -0.3 is 5.32 Å². The summed E-state index contributed by atoms with van der Waals surface area (Å²) in [5.41, 5.74) is 1.98. The van der Waals surface area contributed by atoms with Crippen LogP contribution in [0.3, 0.4) is 0 Å². The molecule has 0 amide bonds. The van der Waals surface area contributed by atoms with Gasteiger partial charge in [0, 0.05) is 9.13 Å². The molecule has 0 fully saturated rings. The molecule has 20 heavy (non-hydrogen) atoms. The molecular formula is C15H13BrF2IN. The Hall–Kier alpha value is -0.530. The van der Waals surface area contributed by atoms with Crippen LogP contribution >= 0.6 is 38.5 Å². The van der Waals surface area contributed by atoms with E-state index in [0.717, 1.165) is 14.7 Å². The van der Waals surface area contributed by atoms with E-state index in [2.05, 4.69) is 43.8 Å². The maximum Gasteiger partial charge on any atom is 0.145 e. The first-order valence-corrected chi connectivity index (χ1v) is 7.90. The third-order valence-electron chi connectivity index (χ3n) is 3.19. The second-order valence-corrected chi connectivity index (χ2v) is 6.39. The SMILES string of the molecule is CNC(c1cccc(C)c1I)c1c(F)ccc(Br)c1F. The van der Waals surface area contributed by atoms with E-state index in [9.17, 15) is 8.78 Å². The summed E-state index contributed by atoms with van der Waals surface area (Å²) < 4.78 is 29.6. The number of benzene rings is 2. The molecule has 0 aliphatic heterocycles. The zero-order chi connectivity index (χ0) is 14.9. The Morgan fingerprint density at radius 3 is 2.55 bits per heavy atom. The van der Waals surface area contributed by atoms with Gasteiger partial charge in [-0.1, -0.05) is 18.2 Å². The Morgan fingerprint density at radius 1 is 1.20 bits per heavy atom. The number of nitrogens with one attached hydrogen (secondary N) is 1. The van der Waals surface area contributed by atoms with Crippen molar-refractivity contribution in [3.8, 4) is 0 Å². The molecule has 1 unspecified atom stereocenters. The van der Waals surface area contributed by atoms with Crippen LogP contribution in [0.2, 0.25) is 0 Å². The molecule has 1 N–H and O–H groups in total. The summed E-state index contributed by atoms with van der Waals surface area (Å²) >= 11 is 5.32. The fraction of sp³-hybridized carbons (Fsp3) is 0.200. The number of hydrogen-bond donors (Lipinski definition) is 1. The van der Waals surface area contributed by atoms with Gasteiger partial charge in [-0.2, -0.15) is 0 Å². The van der Waals surface area contributed by atoms with Gasteiger partial charge in [-0.15, -0.1) is 0 Å². The topological polar surface area (TPSA) is 12.0 Å². The average molecular weight is 452 g/mol. The molecule has 2 rings (SSSR count). The van der Waals surface area contributed by atoms with Gasteiger partial charge in [0.2, 0.25) is 0 Å². The van der Waals surface area contributed by atoms with Gasteiger partial charge in [0.15, 0.2) is 0 Å². The highest BCUT2D eigenvalue weighted by atomic mass is 127. The lowest BCUT2D eigenvalue weighted by Gasteiger charge is -2.21. The minimum atomic E-state index is -0.568. The van der Waals surface area contributed by atoms with E-state index in [1.165, 1.54) is 12.1 Å². The molecule has 0 heterocycles. The molecule has 0 radical (unpaired) electrons. The predicted octanol–water partition coefficient (Wildman–Crippen LogP) is 4.95. The van der Waals surface area contributed by atoms with Crippen LogP contribution in [0.4, 0.5) is 8.78 Å². The molecule has 5 heteroatoms. The molecule has 106 valence electrons. The molecule has 0 aromatic heterocycles. The van der Waals surface area contributed by atoms with Crippen LogP contribution in [0.25, 0.3) is 0 Å². The second kappa shape index (κ2) is 6.49. The lowest BCUT2D eigenvalue weighted by atomic mass is 9.96. The molecule has 1 atom stereocenters. The van der Waals surface area contributed by atoms with E-state index < -0.39 is 17.7 Å². The fourth-order valence-corrected chi connectivity index (χ4v) is 3.17. The number of halogens is 4. The summed E-state index contributed by atoms with van der Waals surface area (Å²) in [5.74, 6) is -1.12. The van der Waals surface area contributed by atoms with Gasteiger partial charge >= 0.3 is 0 Å². The van der Waals surface area contributed by atoms with Crippen LogP contribution in [0, 0.1) is 22.1 Å². The van der Waals surface area contributed by atoms with Gasteiger partial charge in [-0.25, -0.2) is 8.78 Å². The Morgan fingerprint density at radius 2 is 1.90 bits per heavy atom. The van der Waals surface area contributed by atoms with E-state index >= 15 is 0 Å². The summed E-state index contributed by atoms with van der Waals surface area (Å²) in [4.78, 5) is 0. The highest BCUT2D eigenvalue weighted by molar-refractivity contribution is 14.1. The van der Waals surface area contributed by atoms with E-state index in [1.54, 1.807) is 7.05 Å². The molecule has 0 saturated carbocycles. The van der Waals surface area contributed by atoms with E-state index in [-0.39, 0.29) is 10.0 Å². The summed E-state index contributed by atoms with van der Waals surface area (Å²) in [6.07, 6.45) is 0. The van der Waals surface area contributed by atoms with Crippen molar-refractivity contribution >= 4 is 38.5 Å². The maximum absolute atomic E-state index is 14.3. The predicted molar refractivity (Wildman–Crippen MR) is 88.9 cm³/mol. The fourth-order valence-electron chi connectivity index (χ4n) is 2.16. The van der Waals surface area contributed by atoms with Crippen molar-refractivity contribution in [2.24, 2.45) is 0 Å². The van der Waals surface area contributed by atoms with Gasteiger partial charge in [0.05, 0.1) is 10.5 Å². The van der Waals surface area contributed by atoms with Gasteiger partial charge in [0.1, 0.15) is 11.6 Å². The monoisotopic (exact) mass is 451 g/mol. The van der Waals surface area contributed by atoms with Crippen LogP contribution in [-0.2, 0) is 0 Å². The third-order valence-corrected chi connectivity index (χ3v) is 5.28. The minimum Gasteiger partial charge on any atom is -0.309 e. The standard InChI is InChI=1S/C15H13BrF2IN/c1-8-4-3-5-9(14(8)19)15(20-2)12-11(17)7-6-10(16)13(12)18/h3-7,15,20H,1-2H3. The first-order chi connectivity index (χ1) is 9.47. The van der Waals surface area contributed by atoms with Crippen molar-refractivity contribution < 1.29 is 8.78 Å². The number of rotatable bonds is 3. The summed E-state index contributed by atoms with van der Waals surface area (Å²) in [7, 11) is 1.70. The molecule has 0 bridgehead atoms. The first-order valence-electron chi connectivity index (χ1n) is 6.03. The number of aryl methyl sites for hydroxylation is 1. The molecule has 1 nitrogen and oxygen atoms in total. The molecular weight excluding hydrogens is 439 g/mol. The van der Waals surface area contributed by atoms with Crippen molar-refractivity contribution in [1.29, 1.82) is 0 Å². The molecule has 0 spiro atoms. The van der Waals surface area contributed by atoms with Crippen LogP contribution < -0.4 is 5.32 Å². The van der Waals surface area contributed by atoms with Gasteiger partial charge in [-0.3, -0.25) is 0 Å². The summed E-state index contributed by atoms with van der Waals surface area (Å²) in [6.45, 7) is 1.98. The van der Waals surface area contributed by atoms with Crippen LogP contribution in [0.5, 0.6) is 0 Å². The van der Waals surface area contributed by atoms with Gasteiger partial charge in [-0.05, 0) is 75.8 Å². The Bertz CT molecular complexity index is 646. The minimum absolute atomic E-state index is 0.0328. The van der Waals surface area contributed by atoms with Gasteiger partial charge in [0.25, 0.3) is 0 Å². The molecule has 0 aliphatic carbocycles. The van der Waals surface area contributed by atoms with Crippen molar-refractivity contribution in [2.75, 3.05) is 7.05 Å². The Kier molecular flexibility index (Phi) is 5.14. The lowest BCUT2D eigenvalue weighted by molar-refractivity contribution is 0.518. The average Bonchev–Trinajstić information content (AvgIpc) is 2.43. The molecule has 0 saturated heterocycles. The Balaban J connectivity index is 2.65. The van der Waals surface area contributed by atoms with E-state index in [4.69, 9.17) is 0 Å². The Labute approximate surface area is 139 Å². The van der Waals surface area contributed by atoms with Crippen LogP contribution in [-0.4, -0.2) is 7.05 Å². The number of hydrogen-bond acceptors (Lipinski definition) is 1. The third kappa shape index (κ3) is 2.89. The van der Waals surface area contributed by atoms with Crippen molar-refractivity contribution in [1.82, 2.24) is 5.32 Å². The zero-order valence-corrected chi connectivity index (χ0v) is 14.7. The molecule has 2 aromatic carbocycles. The molecule has 0 aliphatic rings. The smallest absolute Gasteiger partial charge is 0.145 e. The second-order valence-electron chi connectivity index (χ2n) is 4.46. The molecule has 2 aromatic rings. The highest BCUT2D eigenvalue weighted by Gasteiger charge is 2.24. The van der Waals surface area contributed by atoms with Crippen molar-refractivity contribution in [3.05, 3.63) is 66.7 Å². The summed E-state index contributed by atoms with van der Waals surface area (Å²) in [6, 6.07) is 7.88. The van der Waals surface area contributed by atoms with Crippen LogP contribution in [0.15, 0.2) is 34.8 Å². The van der Waals surface area contributed by atoms with Crippen molar-refractivity contribution in [3.63, 3.8) is 0 Å². The lowest BCUT2D eigenvalue weighted by Crippen LogP contribution is -2.22. The van der Waals surface area contributed by atoms with E-state index in [0.29, 0.717) is 0 Å². The first kappa shape index (κ1) is 15.9. The zero-order valence-electron chi connectivity index (χ0n) is 11.0. The van der Waals surface area contributed by atoms with Crippen molar-refractivity contribution in [2.45, 2.75) is 13.0 Å². The van der Waals surface area contributed by atoms with Crippen LogP contribution in [0.1, 0.15) is 22.7 Å². The largest absolute Gasteiger partial charge is 0.309 e. The highest BCUT2D eigenvalue weighted by Crippen LogP contribution is 2.33. The normalized spacial score (nSPS) is 12.5. The maximum atomic E-state index is 14.3. The quantitative estimate of drug-likeness (QED) is 0.514. The summed E-state index contributed by atoms with van der Waals surface area (Å²) in [5, 5.41) is 3.01. The van der Waals surface area contributed by atoms with E-state index in [1.807, 2.05) is 25.1 Å².